The van der Waals surface area contributed by atoms with Gasteiger partial charge in [0.1, 0.15) is 0 Å². The number of aryl methyl sites for hydroxylation is 1. The van der Waals surface area contributed by atoms with Crippen molar-refractivity contribution in [1.29, 1.82) is 0 Å². The Kier molecular flexibility index (Phi) is 12.8. The summed E-state index contributed by atoms with van der Waals surface area (Å²) in [5.41, 5.74) is 27.6. The van der Waals surface area contributed by atoms with Crippen molar-refractivity contribution in [3.63, 3.8) is 0 Å². The number of nitrogens with zero attached hydrogens (tertiary/aromatic N) is 3. The van der Waals surface area contributed by atoms with E-state index in [2.05, 4.69) is 297 Å². The summed E-state index contributed by atoms with van der Waals surface area (Å²) < 4.78 is 1.37. The van der Waals surface area contributed by atoms with Gasteiger partial charge < -0.3 is 14.6 Å². The van der Waals surface area contributed by atoms with Crippen LogP contribution in [-0.2, 0) is 37.9 Å². The maximum Gasteiger partial charge on any atom is 0.334 e. The quantitative estimate of drug-likeness (QED) is 0.154. The van der Waals surface area contributed by atoms with Crippen molar-refractivity contribution in [3.8, 4) is 22.3 Å². The van der Waals surface area contributed by atoms with Gasteiger partial charge in [-0.15, -0.1) is 11.3 Å². The van der Waals surface area contributed by atoms with Crippen molar-refractivity contribution in [2.45, 2.75) is 188 Å². The largest absolute Gasteiger partial charge is 0.376 e. The fraction of sp³-hybridized carbons (Fsp3) is 0.367. The third-order valence-corrected chi connectivity index (χ3v) is 21.5. The normalized spacial score (nSPS) is 17.3. The lowest BCUT2D eigenvalue weighted by atomic mass is 9.43. The Labute approximate surface area is 508 Å². The minimum atomic E-state index is -0.135. The van der Waals surface area contributed by atoms with E-state index in [0.717, 1.165) is 29.9 Å². The highest BCUT2D eigenvalue weighted by atomic mass is 32.1. The van der Waals surface area contributed by atoms with Gasteiger partial charge in [-0.05, 0) is 227 Å². The van der Waals surface area contributed by atoms with Crippen molar-refractivity contribution in [1.82, 2.24) is 0 Å². The molecule has 0 saturated heterocycles. The zero-order chi connectivity index (χ0) is 59.6. The maximum absolute atomic E-state index is 2.80. The molecule has 13 rings (SSSR count). The van der Waals surface area contributed by atoms with Crippen LogP contribution >= 0.6 is 11.3 Å². The van der Waals surface area contributed by atoms with E-state index in [1.165, 1.54) is 128 Å². The van der Waals surface area contributed by atoms with Crippen LogP contribution in [0.1, 0.15) is 188 Å². The van der Waals surface area contributed by atoms with E-state index in [0.29, 0.717) is 0 Å². The number of hydrogen-bond acceptors (Lipinski definition) is 4. The number of rotatable bonds is 6. The van der Waals surface area contributed by atoms with Crippen molar-refractivity contribution in [2.24, 2.45) is 0 Å². The van der Waals surface area contributed by atoms with E-state index in [-0.39, 0.29) is 44.8 Å². The molecule has 0 fully saturated rings. The van der Waals surface area contributed by atoms with Gasteiger partial charge in [0.2, 0.25) is 0 Å². The van der Waals surface area contributed by atoms with Crippen molar-refractivity contribution in [3.05, 3.63) is 202 Å². The molecule has 0 N–H and O–H groups in total. The van der Waals surface area contributed by atoms with Crippen LogP contribution in [-0.4, -0.2) is 6.85 Å². The number of hydrogen-bond donors (Lipinski definition) is 0. The fourth-order valence-electron chi connectivity index (χ4n) is 14.8. The van der Waals surface area contributed by atoms with Gasteiger partial charge in [0.05, 0.1) is 10.7 Å². The molecule has 0 bridgehead atoms. The molecule has 0 spiro atoms. The molecule has 0 amide bonds. The van der Waals surface area contributed by atoms with E-state index in [9.17, 15) is 0 Å². The molecule has 2 aliphatic carbocycles. The van der Waals surface area contributed by atoms with E-state index in [4.69, 9.17) is 0 Å². The molecule has 0 radical (unpaired) electrons. The van der Waals surface area contributed by atoms with Gasteiger partial charge >= 0.3 is 6.85 Å². The number of fused-ring (bicyclic) bond motifs is 8. The Bertz CT molecular complexity index is 4040. The first-order valence-electron chi connectivity index (χ1n) is 31.3. The van der Waals surface area contributed by atoms with Gasteiger partial charge in [-0.25, -0.2) is 0 Å². The van der Waals surface area contributed by atoms with Crippen molar-refractivity contribution in [2.75, 3.05) is 14.6 Å². The number of thiophene rings is 1. The van der Waals surface area contributed by atoms with Gasteiger partial charge in [-0.2, -0.15) is 0 Å². The summed E-state index contributed by atoms with van der Waals surface area (Å²) in [5, 5.41) is 2.69. The Morgan fingerprint density at radius 2 is 0.940 bits per heavy atom. The second-order valence-corrected chi connectivity index (χ2v) is 32.3. The summed E-state index contributed by atoms with van der Waals surface area (Å²) >= 11 is 2.01. The minimum absolute atomic E-state index is 0.0171. The first-order valence-corrected chi connectivity index (χ1v) is 32.1. The molecule has 3 nitrogen and oxygen atoms in total. The Balaban J connectivity index is 1.15. The second kappa shape index (κ2) is 19.1. The van der Waals surface area contributed by atoms with Crippen LogP contribution < -0.4 is 25.5 Å². The van der Waals surface area contributed by atoms with Crippen LogP contribution in [0.4, 0.5) is 44.8 Å². The molecule has 4 aliphatic rings. The fourth-order valence-corrected chi connectivity index (χ4v) is 16.1. The third kappa shape index (κ3) is 9.19. The van der Waals surface area contributed by atoms with Gasteiger partial charge in [0.15, 0.2) is 0 Å². The molecule has 0 atom stereocenters. The molecular formula is C79H88BN3S. The smallest absolute Gasteiger partial charge is 0.334 e. The summed E-state index contributed by atoms with van der Waals surface area (Å²) in [6.45, 7) is 42.9. The van der Waals surface area contributed by atoms with Gasteiger partial charge in [0, 0.05) is 50.0 Å². The Morgan fingerprint density at radius 3 is 1.51 bits per heavy atom. The zero-order valence-corrected chi connectivity index (χ0v) is 54.5. The molecule has 84 heavy (non-hydrogen) atoms. The third-order valence-electron chi connectivity index (χ3n) is 20.3. The molecular weight excluding hydrogens is 1030 g/mol. The van der Waals surface area contributed by atoms with Crippen LogP contribution in [0.2, 0.25) is 0 Å². The predicted octanol–water partition coefficient (Wildman–Crippen LogP) is 21.6. The minimum Gasteiger partial charge on any atom is -0.376 e. The predicted molar refractivity (Wildman–Crippen MR) is 367 cm³/mol. The molecule has 2 aliphatic heterocycles. The second-order valence-electron chi connectivity index (χ2n) is 31.3. The summed E-state index contributed by atoms with van der Waals surface area (Å²) in [7, 11) is 0. The van der Waals surface area contributed by atoms with E-state index in [1.807, 2.05) is 11.3 Å². The zero-order valence-electron chi connectivity index (χ0n) is 53.7. The number of anilines is 8. The Hall–Kier alpha value is -6.82. The summed E-state index contributed by atoms with van der Waals surface area (Å²) in [6.07, 6.45) is 4.66. The monoisotopic (exact) mass is 1120 g/mol. The van der Waals surface area contributed by atoms with Crippen LogP contribution in [0.25, 0.3) is 32.3 Å². The molecule has 428 valence electrons. The van der Waals surface area contributed by atoms with Crippen LogP contribution in [0.3, 0.4) is 0 Å². The van der Waals surface area contributed by atoms with Crippen LogP contribution in [0.5, 0.6) is 0 Å². The van der Waals surface area contributed by atoms with Crippen molar-refractivity contribution < 1.29 is 0 Å². The van der Waals surface area contributed by atoms with E-state index >= 15 is 0 Å². The molecule has 3 heterocycles. The summed E-state index contributed by atoms with van der Waals surface area (Å²) in [6, 6.07) is 62.7. The summed E-state index contributed by atoms with van der Waals surface area (Å²) in [5.74, 6) is 0. The highest BCUT2D eigenvalue weighted by Crippen LogP contribution is 2.56. The molecule has 5 heteroatoms. The lowest BCUT2D eigenvalue weighted by Crippen LogP contribution is -2.61. The topological polar surface area (TPSA) is 9.72 Å². The molecule has 8 aromatic carbocycles. The van der Waals surface area contributed by atoms with Gasteiger partial charge in [-0.1, -0.05) is 190 Å². The highest BCUT2D eigenvalue weighted by Gasteiger charge is 2.49. The standard InChI is InChI=1S/C79H88BN3S/c1-49-42-60-59-45-56(81(54-29-24-51(25-30-54)73(2,3)4)55-31-26-52(27-32-55)74(5,6)7)34-37-67(59)83(57-33-35-62-63(46-57)77(13,14)39-38-76(62,11)12)80-70(60)68(43-49)82(66-36-28-53(75(8,9)10)44-58(66)50-22-20-19-21-23-50)72-71(80)61-47-64-65(48-69(61)84-72)79(17,18)41-40-78(64,15)16/h19-37,42-48H,38-41H2,1-18H3. The van der Waals surface area contributed by atoms with Gasteiger partial charge in [-0.3, -0.25) is 0 Å². The molecule has 0 saturated carbocycles. The van der Waals surface area contributed by atoms with Crippen LogP contribution in [0.15, 0.2) is 158 Å². The lowest BCUT2D eigenvalue weighted by molar-refractivity contribution is 0.332. The highest BCUT2D eigenvalue weighted by molar-refractivity contribution is 7.26. The van der Waals surface area contributed by atoms with E-state index < -0.39 is 0 Å². The lowest BCUT2D eigenvalue weighted by Gasteiger charge is -2.47. The van der Waals surface area contributed by atoms with E-state index in [1.54, 1.807) is 0 Å². The van der Waals surface area contributed by atoms with Crippen molar-refractivity contribution >= 4 is 84.0 Å². The van der Waals surface area contributed by atoms with Crippen LogP contribution in [0, 0.1) is 6.92 Å². The molecule has 9 aromatic rings. The maximum atomic E-state index is 2.80. The molecule has 1 aromatic heterocycles. The SMILES string of the molecule is Cc1cc2c3c(c1)N(c1ccc(C(C)(C)C)cc1-c1ccccc1)c1sc4cc5c(cc4c1B3N(c1ccc3c(c1)C(C)(C)CCC3(C)C)c1ccc(N(c3ccc(C(C)(C)C)cc3)c3ccc(C(C)(C)C)cc3)cc1-2)C(C)(C)CCC5(C)C. The first kappa shape index (κ1) is 56.3. The average molecular weight is 1120 g/mol. The number of benzene rings is 8. The van der Waals surface area contributed by atoms with Gasteiger partial charge in [0.25, 0.3) is 0 Å². The first-order chi connectivity index (χ1) is 39.4. The Morgan fingerprint density at radius 1 is 0.429 bits per heavy atom. The average Bonchev–Trinajstić information content (AvgIpc) is 1.53. The molecule has 0 unspecified atom stereocenters. The summed E-state index contributed by atoms with van der Waals surface area (Å²) in [4.78, 5) is 8.02.